The maximum atomic E-state index is 8.74. The van der Waals surface area contributed by atoms with Gasteiger partial charge in [0.25, 0.3) is 0 Å². The van der Waals surface area contributed by atoms with Crippen LogP contribution < -0.4 is 0 Å². The number of rotatable bonds is 5. The van der Waals surface area contributed by atoms with E-state index < -0.39 is 0 Å². The Balaban J connectivity index is 2.76. The molecule has 2 nitrogen and oxygen atoms in total. The van der Waals surface area contributed by atoms with Crippen molar-refractivity contribution < 1.29 is 0 Å². The normalized spacial score (nSPS) is 11.1. The standard InChI is InChI=1S/C14H14N2/c1-12(11-16)10-14(8-5-9-15)13-6-3-2-4-7-13/h2-4,6-7,14H,1,5,8,10H2. The number of benzene rings is 1. The molecule has 0 fully saturated rings. The number of allylic oxidation sites excluding steroid dienone is 1. The second-order valence-electron chi connectivity index (χ2n) is 3.72. The summed E-state index contributed by atoms with van der Waals surface area (Å²) in [6.07, 6.45) is 1.93. The highest BCUT2D eigenvalue weighted by Crippen LogP contribution is 2.27. The Morgan fingerprint density at radius 3 is 2.50 bits per heavy atom. The first-order valence-corrected chi connectivity index (χ1v) is 5.27. The molecule has 0 N–H and O–H groups in total. The average molecular weight is 210 g/mol. The highest BCUT2D eigenvalue weighted by Gasteiger charge is 2.12. The molecule has 0 aliphatic heterocycles. The number of hydrogen-bond donors (Lipinski definition) is 0. The van der Waals surface area contributed by atoms with Crippen molar-refractivity contribution in [1.82, 2.24) is 0 Å². The van der Waals surface area contributed by atoms with Gasteiger partial charge in [-0.2, -0.15) is 10.5 Å². The quantitative estimate of drug-likeness (QED) is 0.698. The molecule has 80 valence electrons. The first kappa shape index (κ1) is 12.0. The molecule has 0 amide bonds. The third-order valence-electron chi connectivity index (χ3n) is 2.53. The van der Waals surface area contributed by atoms with Gasteiger partial charge < -0.3 is 0 Å². The highest BCUT2D eigenvalue weighted by molar-refractivity contribution is 5.25. The number of nitrogens with zero attached hydrogens (tertiary/aromatic N) is 2. The third-order valence-corrected chi connectivity index (χ3v) is 2.53. The fourth-order valence-corrected chi connectivity index (χ4v) is 1.69. The Bertz CT molecular complexity index is 420. The zero-order valence-electron chi connectivity index (χ0n) is 9.19. The first-order chi connectivity index (χ1) is 7.77. The molecule has 2 heteroatoms. The Morgan fingerprint density at radius 1 is 1.25 bits per heavy atom. The molecule has 0 aliphatic rings. The van der Waals surface area contributed by atoms with E-state index in [1.54, 1.807) is 0 Å². The van der Waals surface area contributed by atoms with Crippen molar-refractivity contribution in [2.75, 3.05) is 0 Å². The molecule has 1 aromatic carbocycles. The van der Waals surface area contributed by atoms with E-state index >= 15 is 0 Å². The van der Waals surface area contributed by atoms with E-state index in [4.69, 9.17) is 10.5 Å². The molecule has 1 aromatic rings. The van der Waals surface area contributed by atoms with E-state index in [1.165, 1.54) is 5.56 Å². The topological polar surface area (TPSA) is 47.6 Å². The predicted molar refractivity (Wildman–Crippen MR) is 63.4 cm³/mol. The van der Waals surface area contributed by atoms with Gasteiger partial charge in [-0.3, -0.25) is 0 Å². The summed E-state index contributed by atoms with van der Waals surface area (Å²) in [6.45, 7) is 3.70. The van der Waals surface area contributed by atoms with Crippen LogP contribution >= 0.6 is 0 Å². The molecule has 1 rings (SSSR count). The maximum absolute atomic E-state index is 8.74. The Labute approximate surface area is 96.4 Å². The van der Waals surface area contributed by atoms with Crippen molar-refractivity contribution in [2.24, 2.45) is 0 Å². The van der Waals surface area contributed by atoms with Gasteiger partial charge in [0.15, 0.2) is 0 Å². The molecular weight excluding hydrogens is 196 g/mol. The molecule has 0 saturated carbocycles. The minimum absolute atomic E-state index is 0.230. The SMILES string of the molecule is C=C(C#N)CC(CCC#N)c1ccccc1. The fourth-order valence-electron chi connectivity index (χ4n) is 1.69. The lowest BCUT2D eigenvalue weighted by atomic mass is 9.89. The zero-order chi connectivity index (χ0) is 11.8. The van der Waals surface area contributed by atoms with E-state index in [9.17, 15) is 0 Å². The van der Waals surface area contributed by atoms with Crippen molar-refractivity contribution in [3.8, 4) is 12.1 Å². The minimum Gasteiger partial charge on any atom is -0.198 e. The highest BCUT2D eigenvalue weighted by atomic mass is 14.3. The van der Waals surface area contributed by atoms with Gasteiger partial charge in [0.1, 0.15) is 0 Å². The lowest BCUT2D eigenvalue weighted by Crippen LogP contribution is -1.99. The van der Waals surface area contributed by atoms with Crippen LogP contribution in [-0.4, -0.2) is 0 Å². The minimum atomic E-state index is 0.230. The van der Waals surface area contributed by atoms with Gasteiger partial charge >= 0.3 is 0 Å². The lowest BCUT2D eigenvalue weighted by molar-refractivity contribution is 0.636. The molecule has 1 atom stereocenters. The van der Waals surface area contributed by atoms with Gasteiger partial charge in [-0.25, -0.2) is 0 Å². The summed E-state index contributed by atoms with van der Waals surface area (Å²) < 4.78 is 0. The molecule has 0 saturated heterocycles. The van der Waals surface area contributed by atoms with Crippen molar-refractivity contribution in [2.45, 2.75) is 25.2 Å². The van der Waals surface area contributed by atoms with Crippen LogP contribution in [0.4, 0.5) is 0 Å². The Morgan fingerprint density at radius 2 is 1.94 bits per heavy atom. The molecule has 0 aliphatic carbocycles. The zero-order valence-corrected chi connectivity index (χ0v) is 9.19. The molecule has 0 spiro atoms. The van der Waals surface area contributed by atoms with Crippen LogP contribution in [0.2, 0.25) is 0 Å². The van der Waals surface area contributed by atoms with Gasteiger partial charge in [-0.15, -0.1) is 0 Å². The van der Waals surface area contributed by atoms with Gasteiger partial charge in [0, 0.05) is 12.0 Å². The van der Waals surface area contributed by atoms with Crippen LogP contribution in [-0.2, 0) is 0 Å². The summed E-state index contributed by atoms with van der Waals surface area (Å²) in [6, 6.07) is 14.2. The summed E-state index contributed by atoms with van der Waals surface area (Å²) >= 11 is 0. The maximum Gasteiger partial charge on any atom is 0.0941 e. The van der Waals surface area contributed by atoms with Crippen LogP contribution in [0.5, 0.6) is 0 Å². The summed E-state index contributed by atoms with van der Waals surface area (Å²) in [4.78, 5) is 0. The lowest BCUT2D eigenvalue weighted by Gasteiger charge is -2.14. The summed E-state index contributed by atoms with van der Waals surface area (Å²) in [7, 11) is 0. The van der Waals surface area contributed by atoms with Crippen molar-refractivity contribution >= 4 is 0 Å². The Hall–Kier alpha value is -2.06. The molecular formula is C14H14N2. The smallest absolute Gasteiger partial charge is 0.0941 e. The second-order valence-corrected chi connectivity index (χ2v) is 3.72. The number of nitriles is 2. The molecule has 0 radical (unpaired) electrons. The van der Waals surface area contributed by atoms with Crippen molar-refractivity contribution in [3.05, 3.63) is 48.0 Å². The molecule has 0 aromatic heterocycles. The largest absolute Gasteiger partial charge is 0.198 e. The van der Waals surface area contributed by atoms with Crippen molar-refractivity contribution in [1.29, 1.82) is 10.5 Å². The summed E-state index contributed by atoms with van der Waals surface area (Å²) in [5, 5.41) is 17.4. The van der Waals surface area contributed by atoms with E-state index in [1.807, 2.05) is 30.3 Å². The summed E-state index contributed by atoms with van der Waals surface area (Å²) in [5.74, 6) is 0.230. The van der Waals surface area contributed by atoms with Gasteiger partial charge in [-0.05, 0) is 24.3 Å². The molecule has 1 unspecified atom stereocenters. The first-order valence-electron chi connectivity index (χ1n) is 5.27. The van der Waals surface area contributed by atoms with E-state index in [0.717, 1.165) is 6.42 Å². The Kier molecular flexibility index (Phi) is 4.83. The predicted octanol–water partition coefficient (Wildman–Crippen LogP) is 3.54. The van der Waals surface area contributed by atoms with E-state index in [0.29, 0.717) is 18.4 Å². The molecule has 0 bridgehead atoms. The molecule has 16 heavy (non-hydrogen) atoms. The van der Waals surface area contributed by atoms with Crippen LogP contribution in [0.15, 0.2) is 42.5 Å². The fraction of sp³-hybridized carbons (Fsp3) is 0.286. The van der Waals surface area contributed by atoms with Crippen molar-refractivity contribution in [3.63, 3.8) is 0 Å². The van der Waals surface area contributed by atoms with Crippen LogP contribution in [0.3, 0.4) is 0 Å². The molecule has 0 heterocycles. The van der Waals surface area contributed by atoms with Gasteiger partial charge in [0.05, 0.1) is 12.1 Å². The van der Waals surface area contributed by atoms with E-state index in [-0.39, 0.29) is 5.92 Å². The second kappa shape index (κ2) is 6.43. The van der Waals surface area contributed by atoms with Gasteiger partial charge in [-0.1, -0.05) is 36.9 Å². The van der Waals surface area contributed by atoms with Crippen LogP contribution in [0.25, 0.3) is 0 Å². The average Bonchev–Trinajstić information content (AvgIpc) is 2.35. The van der Waals surface area contributed by atoms with Gasteiger partial charge in [0.2, 0.25) is 0 Å². The third kappa shape index (κ3) is 3.59. The summed E-state index contributed by atoms with van der Waals surface area (Å²) in [5.41, 5.74) is 1.75. The number of hydrogen-bond acceptors (Lipinski definition) is 2. The van der Waals surface area contributed by atoms with E-state index in [2.05, 4.69) is 18.7 Å². The van der Waals surface area contributed by atoms with Crippen LogP contribution in [0.1, 0.15) is 30.7 Å². The monoisotopic (exact) mass is 210 g/mol. The van der Waals surface area contributed by atoms with Crippen LogP contribution in [0, 0.1) is 22.7 Å².